The number of benzene rings is 2. The fourth-order valence-corrected chi connectivity index (χ4v) is 3.04. The van der Waals surface area contributed by atoms with E-state index in [2.05, 4.69) is 5.32 Å². The van der Waals surface area contributed by atoms with Crippen molar-refractivity contribution in [1.29, 1.82) is 0 Å². The minimum atomic E-state index is -0.147. The molecule has 0 aliphatic carbocycles. The van der Waals surface area contributed by atoms with E-state index in [1.165, 1.54) is 11.8 Å². The lowest BCUT2D eigenvalue weighted by Crippen LogP contribution is -2.32. The summed E-state index contributed by atoms with van der Waals surface area (Å²) < 4.78 is 0. The molecule has 2 aromatic rings. The van der Waals surface area contributed by atoms with Crippen LogP contribution in [-0.4, -0.2) is 17.7 Å². The number of carbonyl (C=O) groups excluding carboxylic acids is 1. The van der Waals surface area contributed by atoms with Crippen LogP contribution in [0.15, 0.2) is 53.4 Å². The highest BCUT2D eigenvalue weighted by molar-refractivity contribution is 8.00. The number of amides is 1. The van der Waals surface area contributed by atoms with Crippen molar-refractivity contribution in [3.63, 3.8) is 0 Å². The Morgan fingerprint density at radius 1 is 1.05 bits per heavy atom. The van der Waals surface area contributed by atoms with Crippen LogP contribution in [0.25, 0.3) is 0 Å². The van der Waals surface area contributed by atoms with Crippen molar-refractivity contribution in [2.24, 2.45) is 0 Å². The molecule has 0 spiro atoms. The molecule has 1 unspecified atom stereocenters. The highest BCUT2D eigenvalue weighted by Gasteiger charge is 2.13. The highest BCUT2D eigenvalue weighted by Crippen LogP contribution is 2.24. The Balaban J connectivity index is 1.76. The molecule has 1 amide bonds. The largest absolute Gasteiger partial charge is 0.355 e. The van der Waals surface area contributed by atoms with Gasteiger partial charge in [0.05, 0.1) is 5.25 Å². The molecule has 22 heavy (non-hydrogen) atoms. The van der Waals surface area contributed by atoms with Crippen LogP contribution in [0.5, 0.6) is 0 Å². The molecule has 0 fully saturated rings. The van der Waals surface area contributed by atoms with Crippen molar-refractivity contribution in [1.82, 2.24) is 5.32 Å². The Morgan fingerprint density at radius 3 is 2.18 bits per heavy atom. The predicted molar refractivity (Wildman–Crippen MR) is 94.9 cm³/mol. The topological polar surface area (TPSA) is 29.1 Å². The molecule has 0 heterocycles. The molecular formula is C17H17Cl2NOS. The average Bonchev–Trinajstić information content (AvgIpc) is 2.51. The van der Waals surface area contributed by atoms with E-state index in [0.717, 1.165) is 21.9 Å². The lowest BCUT2D eigenvalue weighted by molar-refractivity contribution is -0.120. The number of halogens is 2. The number of rotatable bonds is 6. The van der Waals surface area contributed by atoms with E-state index in [1.54, 1.807) is 0 Å². The second-order valence-electron chi connectivity index (χ2n) is 4.88. The molecule has 0 bridgehead atoms. The molecule has 2 aromatic carbocycles. The maximum absolute atomic E-state index is 12.1. The lowest BCUT2D eigenvalue weighted by Gasteiger charge is -2.12. The number of nitrogens with one attached hydrogen (secondary N) is 1. The predicted octanol–water partition coefficient (Wildman–Crippen LogP) is 4.83. The summed E-state index contributed by atoms with van der Waals surface area (Å²) in [7, 11) is 0. The molecule has 116 valence electrons. The van der Waals surface area contributed by atoms with E-state index >= 15 is 0 Å². The van der Waals surface area contributed by atoms with Crippen molar-refractivity contribution >= 4 is 40.9 Å². The molecule has 1 atom stereocenters. The quantitative estimate of drug-likeness (QED) is 0.753. The van der Waals surface area contributed by atoms with Gasteiger partial charge in [-0.2, -0.15) is 0 Å². The van der Waals surface area contributed by atoms with E-state index in [-0.39, 0.29) is 11.2 Å². The third-order valence-electron chi connectivity index (χ3n) is 3.12. The van der Waals surface area contributed by atoms with E-state index < -0.39 is 0 Å². The summed E-state index contributed by atoms with van der Waals surface area (Å²) in [5.41, 5.74) is 1.16. The van der Waals surface area contributed by atoms with E-state index in [9.17, 15) is 4.79 Å². The van der Waals surface area contributed by atoms with E-state index in [1.807, 2.05) is 55.5 Å². The fraction of sp³-hybridized carbons (Fsp3) is 0.235. The molecule has 0 aliphatic rings. The molecule has 2 nitrogen and oxygen atoms in total. The van der Waals surface area contributed by atoms with Crippen LogP contribution in [0.3, 0.4) is 0 Å². The van der Waals surface area contributed by atoms with Gasteiger partial charge in [0.15, 0.2) is 0 Å². The molecule has 5 heteroatoms. The summed E-state index contributed by atoms with van der Waals surface area (Å²) in [6.07, 6.45) is 0.793. The van der Waals surface area contributed by atoms with Crippen LogP contribution in [0, 0.1) is 0 Å². The van der Waals surface area contributed by atoms with E-state index in [0.29, 0.717) is 11.6 Å². The van der Waals surface area contributed by atoms with Crippen LogP contribution < -0.4 is 5.32 Å². The van der Waals surface area contributed by atoms with Gasteiger partial charge in [-0.05, 0) is 55.3 Å². The Labute approximate surface area is 145 Å². The fourth-order valence-electron chi connectivity index (χ4n) is 1.90. The van der Waals surface area contributed by atoms with Gasteiger partial charge in [0.25, 0.3) is 0 Å². The summed E-state index contributed by atoms with van der Waals surface area (Å²) >= 11 is 13.2. The number of hydrogen-bond donors (Lipinski definition) is 1. The summed E-state index contributed by atoms with van der Waals surface area (Å²) in [6.45, 7) is 2.52. The van der Waals surface area contributed by atoms with Crippen molar-refractivity contribution < 1.29 is 4.79 Å². The SMILES string of the molecule is CC(Sc1ccc(Cl)cc1)C(=O)NCCc1ccc(Cl)cc1. The van der Waals surface area contributed by atoms with Gasteiger partial charge in [-0.1, -0.05) is 35.3 Å². The molecule has 0 saturated carbocycles. The van der Waals surface area contributed by atoms with Crippen molar-refractivity contribution in [2.45, 2.75) is 23.5 Å². The van der Waals surface area contributed by atoms with Gasteiger partial charge >= 0.3 is 0 Å². The van der Waals surface area contributed by atoms with E-state index in [4.69, 9.17) is 23.2 Å². The maximum Gasteiger partial charge on any atom is 0.233 e. The second-order valence-corrected chi connectivity index (χ2v) is 7.17. The third-order valence-corrected chi connectivity index (χ3v) is 4.74. The maximum atomic E-state index is 12.1. The van der Waals surface area contributed by atoms with Crippen molar-refractivity contribution in [2.75, 3.05) is 6.54 Å². The normalized spacial score (nSPS) is 12.0. The minimum Gasteiger partial charge on any atom is -0.355 e. The van der Waals surface area contributed by atoms with Gasteiger partial charge in [0.1, 0.15) is 0 Å². The Kier molecular flexibility index (Phi) is 6.62. The Morgan fingerprint density at radius 2 is 1.59 bits per heavy atom. The monoisotopic (exact) mass is 353 g/mol. The Hall–Kier alpha value is -1.16. The molecule has 0 aliphatic heterocycles. The highest BCUT2D eigenvalue weighted by atomic mass is 35.5. The number of carbonyl (C=O) groups is 1. The van der Waals surface area contributed by atoms with Crippen LogP contribution in [0.4, 0.5) is 0 Å². The molecule has 0 saturated heterocycles. The molecule has 0 aromatic heterocycles. The van der Waals surface area contributed by atoms with Gasteiger partial charge < -0.3 is 5.32 Å². The molecule has 1 N–H and O–H groups in total. The zero-order chi connectivity index (χ0) is 15.9. The van der Waals surface area contributed by atoms with Gasteiger partial charge in [0, 0.05) is 21.5 Å². The number of thioether (sulfide) groups is 1. The zero-order valence-electron chi connectivity index (χ0n) is 12.2. The van der Waals surface area contributed by atoms with Crippen LogP contribution in [0.2, 0.25) is 10.0 Å². The first kappa shape index (κ1) is 17.2. The zero-order valence-corrected chi connectivity index (χ0v) is 14.5. The van der Waals surface area contributed by atoms with Crippen molar-refractivity contribution in [3.05, 3.63) is 64.1 Å². The molecule has 0 radical (unpaired) electrons. The summed E-state index contributed by atoms with van der Waals surface area (Å²) in [6, 6.07) is 15.2. The molecule has 2 rings (SSSR count). The first-order valence-electron chi connectivity index (χ1n) is 6.99. The van der Waals surface area contributed by atoms with Crippen LogP contribution >= 0.6 is 35.0 Å². The second kappa shape index (κ2) is 8.47. The first-order chi connectivity index (χ1) is 10.5. The smallest absolute Gasteiger partial charge is 0.233 e. The Bertz CT molecular complexity index is 614. The van der Waals surface area contributed by atoms with Gasteiger partial charge in [-0.25, -0.2) is 0 Å². The van der Waals surface area contributed by atoms with Gasteiger partial charge in [0.2, 0.25) is 5.91 Å². The summed E-state index contributed by atoms with van der Waals surface area (Å²) in [5.74, 6) is 0.0360. The standard InChI is InChI=1S/C17H17Cl2NOS/c1-12(22-16-8-6-15(19)7-9-16)17(21)20-11-10-13-2-4-14(18)5-3-13/h2-9,12H,10-11H2,1H3,(H,20,21). The summed E-state index contributed by atoms with van der Waals surface area (Å²) in [5, 5.41) is 4.23. The van der Waals surface area contributed by atoms with Gasteiger partial charge in [-0.3, -0.25) is 4.79 Å². The lowest BCUT2D eigenvalue weighted by atomic mass is 10.1. The third kappa shape index (κ3) is 5.56. The van der Waals surface area contributed by atoms with Crippen molar-refractivity contribution in [3.8, 4) is 0 Å². The van der Waals surface area contributed by atoms with Gasteiger partial charge in [-0.15, -0.1) is 11.8 Å². The molecular weight excluding hydrogens is 337 g/mol. The first-order valence-corrected chi connectivity index (χ1v) is 8.62. The van der Waals surface area contributed by atoms with Crippen LogP contribution in [-0.2, 0) is 11.2 Å². The minimum absolute atomic E-state index is 0.0360. The number of hydrogen-bond acceptors (Lipinski definition) is 2. The van der Waals surface area contributed by atoms with Crippen LogP contribution in [0.1, 0.15) is 12.5 Å². The summed E-state index contributed by atoms with van der Waals surface area (Å²) in [4.78, 5) is 13.1. The average molecular weight is 354 g/mol.